The summed E-state index contributed by atoms with van der Waals surface area (Å²) < 4.78 is 6.93. The summed E-state index contributed by atoms with van der Waals surface area (Å²) in [4.78, 5) is 10.5. The summed E-state index contributed by atoms with van der Waals surface area (Å²) in [7, 11) is 1.73. The number of ether oxygens (including phenoxy) is 1. The number of hydrogen-bond acceptors (Lipinski definition) is 4. The number of rotatable bonds is 2. The van der Waals surface area contributed by atoms with Crippen LogP contribution in [0.1, 0.15) is 12.6 Å². The van der Waals surface area contributed by atoms with E-state index in [1.165, 1.54) is 6.92 Å². The van der Waals surface area contributed by atoms with Crippen molar-refractivity contribution in [1.29, 1.82) is 0 Å². The average Bonchev–Trinajstić information content (AvgIpc) is 2.28. The molecule has 0 aromatic carbocycles. The average molecular weight is 234 g/mol. The van der Waals surface area contributed by atoms with Crippen molar-refractivity contribution < 1.29 is 9.53 Å². The van der Waals surface area contributed by atoms with Crippen molar-refractivity contribution in [2.24, 2.45) is 7.05 Å². The number of aryl methyl sites for hydroxylation is 1. The molecule has 0 spiro atoms. The van der Waals surface area contributed by atoms with Gasteiger partial charge in [-0.1, -0.05) is 5.21 Å². The van der Waals surface area contributed by atoms with E-state index in [-0.39, 0.29) is 12.6 Å². The quantitative estimate of drug-likeness (QED) is 0.704. The molecule has 1 aromatic heterocycles. The van der Waals surface area contributed by atoms with Gasteiger partial charge in [0.2, 0.25) is 0 Å². The Hall–Kier alpha value is -0.910. The van der Waals surface area contributed by atoms with Crippen LogP contribution in [-0.4, -0.2) is 21.0 Å². The molecule has 5 nitrogen and oxygen atoms in total. The molecule has 0 aliphatic heterocycles. The lowest BCUT2D eigenvalue weighted by molar-refractivity contribution is -0.142. The van der Waals surface area contributed by atoms with Crippen molar-refractivity contribution >= 4 is 21.9 Å². The van der Waals surface area contributed by atoms with Gasteiger partial charge in [-0.3, -0.25) is 4.79 Å². The maximum absolute atomic E-state index is 10.5. The van der Waals surface area contributed by atoms with Crippen LogP contribution in [0.25, 0.3) is 0 Å². The van der Waals surface area contributed by atoms with E-state index in [4.69, 9.17) is 4.74 Å². The first kappa shape index (κ1) is 9.18. The monoisotopic (exact) mass is 233 g/mol. The summed E-state index contributed by atoms with van der Waals surface area (Å²) >= 11 is 3.18. The van der Waals surface area contributed by atoms with E-state index in [1.807, 2.05) is 0 Å². The Balaban J connectivity index is 2.68. The lowest BCUT2D eigenvalue weighted by Gasteiger charge is -2.00. The number of halogens is 1. The number of hydrogen-bond donors (Lipinski definition) is 0. The van der Waals surface area contributed by atoms with Crippen molar-refractivity contribution in [2.45, 2.75) is 13.5 Å². The van der Waals surface area contributed by atoms with Gasteiger partial charge in [0.15, 0.2) is 4.60 Å². The Kier molecular flexibility index (Phi) is 2.80. The Morgan fingerprint density at radius 2 is 2.42 bits per heavy atom. The van der Waals surface area contributed by atoms with Crippen LogP contribution in [0.3, 0.4) is 0 Å². The van der Waals surface area contributed by atoms with Gasteiger partial charge < -0.3 is 4.74 Å². The third-order valence-corrected chi connectivity index (χ3v) is 1.92. The molecule has 0 aliphatic rings. The summed E-state index contributed by atoms with van der Waals surface area (Å²) in [6.07, 6.45) is 0. The summed E-state index contributed by atoms with van der Waals surface area (Å²) in [5, 5.41) is 7.46. The number of nitrogens with zero attached hydrogens (tertiary/aromatic N) is 3. The van der Waals surface area contributed by atoms with Crippen LogP contribution >= 0.6 is 15.9 Å². The van der Waals surface area contributed by atoms with Gasteiger partial charge in [-0.15, -0.1) is 5.10 Å². The van der Waals surface area contributed by atoms with Gasteiger partial charge >= 0.3 is 5.97 Å². The van der Waals surface area contributed by atoms with Gasteiger partial charge in [0.1, 0.15) is 12.3 Å². The molecule has 0 atom stereocenters. The fourth-order valence-electron chi connectivity index (χ4n) is 0.675. The molecule has 0 fully saturated rings. The first-order valence-electron chi connectivity index (χ1n) is 3.28. The van der Waals surface area contributed by atoms with E-state index in [0.29, 0.717) is 4.60 Å². The van der Waals surface area contributed by atoms with Crippen LogP contribution in [0.4, 0.5) is 0 Å². The van der Waals surface area contributed by atoms with Crippen molar-refractivity contribution in [3.63, 3.8) is 0 Å². The molecule has 1 rings (SSSR count). The Morgan fingerprint density at radius 3 is 2.83 bits per heavy atom. The highest BCUT2D eigenvalue weighted by Crippen LogP contribution is 2.12. The minimum absolute atomic E-state index is 0.194. The third-order valence-electron chi connectivity index (χ3n) is 1.31. The zero-order valence-corrected chi connectivity index (χ0v) is 8.33. The maximum atomic E-state index is 10.5. The molecule has 66 valence electrons. The van der Waals surface area contributed by atoms with Gasteiger partial charge in [-0.05, 0) is 15.9 Å². The fraction of sp³-hybridized carbons (Fsp3) is 0.500. The van der Waals surface area contributed by atoms with Crippen LogP contribution in [0.5, 0.6) is 0 Å². The molecule has 12 heavy (non-hydrogen) atoms. The number of carbonyl (C=O) groups excluding carboxylic acids is 1. The predicted octanol–water partition coefficient (Wildman–Crippen LogP) is 0.641. The van der Waals surface area contributed by atoms with E-state index >= 15 is 0 Å². The number of esters is 1. The standard InChI is InChI=1S/C6H8BrN3O2/c1-4(11)12-3-5-6(7)8-9-10(5)2/h3H2,1-2H3. The molecule has 6 heteroatoms. The third kappa shape index (κ3) is 2.04. The molecule has 0 saturated carbocycles. The van der Waals surface area contributed by atoms with Crippen molar-refractivity contribution in [3.05, 3.63) is 10.3 Å². The van der Waals surface area contributed by atoms with E-state index in [1.54, 1.807) is 11.7 Å². The van der Waals surface area contributed by atoms with E-state index in [2.05, 4.69) is 26.2 Å². The first-order chi connectivity index (χ1) is 5.61. The Labute approximate surface area is 77.8 Å². The molecule has 1 aromatic rings. The number of aromatic nitrogens is 3. The predicted molar refractivity (Wildman–Crippen MR) is 44.2 cm³/mol. The van der Waals surface area contributed by atoms with Crippen LogP contribution in [-0.2, 0) is 23.2 Å². The summed E-state index contributed by atoms with van der Waals surface area (Å²) in [6.45, 7) is 1.55. The van der Waals surface area contributed by atoms with Crippen molar-refractivity contribution in [1.82, 2.24) is 15.0 Å². The van der Waals surface area contributed by atoms with Crippen molar-refractivity contribution in [3.8, 4) is 0 Å². The Morgan fingerprint density at radius 1 is 1.75 bits per heavy atom. The summed E-state index contributed by atoms with van der Waals surface area (Å²) in [6, 6.07) is 0. The van der Waals surface area contributed by atoms with Crippen LogP contribution < -0.4 is 0 Å². The van der Waals surface area contributed by atoms with Crippen LogP contribution in [0, 0.1) is 0 Å². The summed E-state index contributed by atoms with van der Waals surface area (Å²) in [5.74, 6) is -0.317. The number of carbonyl (C=O) groups is 1. The van der Waals surface area contributed by atoms with E-state index in [9.17, 15) is 4.79 Å². The molecule has 0 radical (unpaired) electrons. The molecule has 0 unspecified atom stereocenters. The summed E-state index contributed by atoms with van der Waals surface area (Å²) in [5.41, 5.74) is 0.741. The normalized spacial score (nSPS) is 9.92. The second-order valence-electron chi connectivity index (χ2n) is 2.23. The fourth-order valence-corrected chi connectivity index (χ4v) is 1.12. The zero-order valence-electron chi connectivity index (χ0n) is 6.74. The van der Waals surface area contributed by atoms with Gasteiger partial charge in [0, 0.05) is 14.0 Å². The lowest BCUT2D eigenvalue weighted by atomic mass is 10.5. The van der Waals surface area contributed by atoms with E-state index in [0.717, 1.165) is 5.69 Å². The second kappa shape index (κ2) is 3.66. The molecule has 0 aliphatic carbocycles. The largest absolute Gasteiger partial charge is 0.459 e. The molecule has 0 saturated heterocycles. The second-order valence-corrected chi connectivity index (χ2v) is 2.98. The van der Waals surface area contributed by atoms with Crippen molar-refractivity contribution in [2.75, 3.05) is 0 Å². The molecule has 0 amide bonds. The van der Waals surface area contributed by atoms with Gasteiger partial charge in [-0.25, -0.2) is 4.68 Å². The maximum Gasteiger partial charge on any atom is 0.303 e. The molecular formula is C6H8BrN3O2. The smallest absolute Gasteiger partial charge is 0.303 e. The minimum Gasteiger partial charge on any atom is -0.459 e. The van der Waals surface area contributed by atoms with Crippen LogP contribution in [0.15, 0.2) is 4.60 Å². The zero-order chi connectivity index (χ0) is 9.14. The lowest BCUT2D eigenvalue weighted by Crippen LogP contribution is -2.04. The van der Waals surface area contributed by atoms with Gasteiger partial charge in [0.05, 0.1) is 0 Å². The highest BCUT2D eigenvalue weighted by atomic mass is 79.9. The molecular weight excluding hydrogens is 226 g/mol. The molecule has 0 bridgehead atoms. The highest BCUT2D eigenvalue weighted by molar-refractivity contribution is 9.10. The van der Waals surface area contributed by atoms with Crippen LogP contribution in [0.2, 0.25) is 0 Å². The highest BCUT2D eigenvalue weighted by Gasteiger charge is 2.08. The van der Waals surface area contributed by atoms with Gasteiger partial charge in [0.25, 0.3) is 0 Å². The molecule has 1 heterocycles. The Bertz CT molecular complexity index is 277. The first-order valence-corrected chi connectivity index (χ1v) is 4.08. The van der Waals surface area contributed by atoms with Gasteiger partial charge in [-0.2, -0.15) is 0 Å². The van der Waals surface area contributed by atoms with E-state index < -0.39 is 0 Å². The minimum atomic E-state index is -0.317. The SMILES string of the molecule is CC(=O)OCc1c(Br)nnn1C. The topological polar surface area (TPSA) is 57.0 Å². The molecule has 0 N–H and O–H groups in total.